The molecule has 3 rings (SSSR count). The SMILES string of the molecule is COc1ccc(C)cc1NS(=O)(=O)c1ccc(NC(=O)Cc2ccc(C)cc2)cc1. The molecule has 0 saturated heterocycles. The molecule has 2 N–H and O–H groups in total. The lowest BCUT2D eigenvalue weighted by molar-refractivity contribution is -0.115. The van der Waals surface area contributed by atoms with Gasteiger partial charge in [0, 0.05) is 5.69 Å². The van der Waals surface area contributed by atoms with Crippen molar-refractivity contribution in [2.45, 2.75) is 25.2 Å². The van der Waals surface area contributed by atoms with Crippen molar-refractivity contribution in [3.8, 4) is 5.75 Å². The summed E-state index contributed by atoms with van der Waals surface area (Å²) in [6.45, 7) is 3.86. The number of benzene rings is 3. The van der Waals surface area contributed by atoms with Gasteiger partial charge in [-0.1, -0.05) is 35.9 Å². The van der Waals surface area contributed by atoms with Crippen molar-refractivity contribution in [2.75, 3.05) is 17.1 Å². The zero-order chi connectivity index (χ0) is 21.7. The van der Waals surface area contributed by atoms with Crippen molar-refractivity contribution in [1.29, 1.82) is 0 Å². The van der Waals surface area contributed by atoms with Gasteiger partial charge in [0.2, 0.25) is 5.91 Å². The van der Waals surface area contributed by atoms with Crippen LogP contribution in [0, 0.1) is 13.8 Å². The van der Waals surface area contributed by atoms with E-state index in [9.17, 15) is 13.2 Å². The first-order valence-corrected chi connectivity index (χ1v) is 10.9. The van der Waals surface area contributed by atoms with Gasteiger partial charge in [-0.05, 0) is 61.4 Å². The summed E-state index contributed by atoms with van der Waals surface area (Å²) in [5, 5.41) is 2.78. The van der Waals surface area contributed by atoms with Crippen LogP contribution < -0.4 is 14.8 Å². The monoisotopic (exact) mass is 424 g/mol. The van der Waals surface area contributed by atoms with Crippen LogP contribution in [0.4, 0.5) is 11.4 Å². The van der Waals surface area contributed by atoms with Crippen LogP contribution >= 0.6 is 0 Å². The van der Waals surface area contributed by atoms with E-state index in [1.54, 1.807) is 24.3 Å². The molecule has 1 amide bonds. The minimum absolute atomic E-state index is 0.0857. The number of nitrogens with one attached hydrogen (secondary N) is 2. The number of carbonyl (C=O) groups is 1. The van der Waals surface area contributed by atoms with Gasteiger partial charge in [-0.25, -0.2) is 8.42 Å². The van der Waals surface area contributed by atoms with E-state index in [2.05, 4.69) is 10.0 Å². The maximum atomic E-state index is 12.7. The molecule has 0 spiro atoms. The third kappa shape index (κ3) is 5.39. The fourth-order valence-electron chi connectivity index (χ4n) is 2.92. The van der Waals surface area contributed by atoms with Gasteiger partial charge in [0.15, 0.2) is 0 Å². The summed E-state index contributed by atoms with van der Waals surface area (Å²) < 4.78 is 33.2. The molecule has 0 atom stereocenters. The number of amides is 1. The van der Waals surface area contributed by atoms with Gasteiger partial charge in [-0.15, -0.1) is 0 Å². The van der Waals surface area contributed by atoms with Gasteiger partial charge < -0.3 is 10.1 Å². The van der Waals surface area contributed by atoms with Crippen molar-refractivity contribution in [3.63, 3.8) is 0 Å². The predicted octanol–water partition coefficient (Wildman–Crippen LogP) is 4.29. The molecule has 0 saturated carbocycles. The lowest BCUT2D eigenvalue weighted by Crippen LogP contribution is -2.15. The maximum absolute atomic E-state index is 12.7. The number of aryl methyl sites for hydroxylation is 2. The van der Waals surface area contributed by atoms with Crippen LogP contribution in [0.2, 0.25) is 0 Å². The summed E-state index contributed by atoms with van der Waals surface area (Å²) in [6, 6.07) is 19.0. The fourth-order valence-corrected chi connectivity index (χ4v) is 3.98. The molecule has 3 aromatic carbocycles. The first kappa shape index (κ1) is 21.4. The van der Waals surface area contributed by atoms with Crippen molar-refractivity contribution >= 4 is 27.3 Å². The second-order valence-electron chi connectivity index (χ2n) is 7.04. The molecule has 0 aliphatic carbocycles. The Morgan fingerprint density at radius 1 is 0.900 bits per heavy atom. The Balaban J connectivity index is 1.69. The summed E-state index contributed by atoms with van der Waals surface area (Å²) in [6.07, 6.45) is 0.245. The van der Waals surface area contributed by atoms with E-state index in [1.807, 2.05) is 44.2 Å². The number of sulfonamides is 1. The van der Waals surface area contributed by atoms with Crippen molar-refractivity contribution < 1.29 is 17.9 Å². The minimum atomic E-state index is -3.80. The Labute approximate surface area is 177 Å². The molecule has 3 aromatic rings. The standard InChI is InChI=1S/C23H24N2O4S/c1-16-4-7-18(8-5-16)15-23(26)24-19-9-11-20(12-10-19)30(27,28)25-21-14-17(2)6-13-22(21)29-3/h4-14,25H,15H2,1-3H3,(H,24,26). The number of ether oxygens (including phenoxy) is 1. The average molecular weight is 425 g/mol. The molecular weight excluding hydrogens is 400 g/mol. The van der Waals surface area contributed by atoms with Crippen LogP contribution in [0.5, 0.6) is 5.75 Å². The van der Waals surface area contributed by atoms with Gasteiger partial charge in [0.1, 0.15) is 5.75 Å². The summed E-state index contributed by atoms with van der Waals surface area (Å²) in [4.78, 5) is 12.3. The molecule has 7 heteroatoms. The van der Waals surface area contributed by atoms with Gasteiger partial charge in [0.05, 0.1) is 24.1 Å². The molecule has 0 heterocycles. The average Bonchev–Trinajstić information content (AvgIpc) is 2.70. The third-order valence-corrected chi connectivity index (χ3v) is 5.91. The van der Waals surface area contributed by atoms with Crippen LogP contribution in [0.3, 0.4) is 0 Å². The Bertz CT molecular complexity index is 1140. The van der Waals surface area contributed by atoms with Crippen molar-refractivity contribution in [3.05, 3.63) is 83.4 Å². The van der Waals surface area contributed by atoms with E-state index in [4.69, 9.17) is 4.74 Å². The van der Waals surface area contributed by atoms with Crippen molar-refractivity contribution in [1.82, 2.24) is 0 Å². The second-order valence-corrected chi connectivity index (χ2v) is 8.73. The molecule has 156 valence electrons. The number of hydrogen-bond donors (Lipinski definition) is 2. The fraction of sp³-hybridized carbons (Fsp3) is 0.174. The summed E-state index contributed by atoms with van der Waals surface area (Å²) >= 11 is 0. The Morgan fingerprint density at radius 3 is 2.17 bits per heavy atom. The van der Waals surface area contributed by atoms with E-state index in [0.717, 1.165) is 16.7 Å². The van der Waals surface area contributed by atoms with Crippen LogP contribution in [0.15, 0.2) is 71.6 Å². The highest BCUT2D eigenvalue weighted by atomic mass is 32.2. The highest BCUT2D eigenvalue weighted by molar-refractivity contribution is 7.92. The Kier molecular flexibility index (Phi) is 6.42. The predicted molar refractivity (Wildman–Crippen MR) is 118 cm³/mol. The smallest absolute Gasteiger partial charge is 0.262 e. The first-order valence-electron chi connectivity index (χ1n) is 9.40. The lowest BCUT2D eigenvalue weighted by atomic mass is 10.1. The van der Waals surface area contributed by atoms with E-state index < -0.39 is 10.0 Å². The van der Waals surface area contributed by atoms with Gasteiger partial charge >= 0.3 is 0 Å². The Morgan fingerprint density at radius 2 is 1.53 bits per heavy atom. The van der Waals surface area contributed by atoms with E-state index >= 15 is 0 Å². The molecule has 0 aliphatic heterocycles. The molecule has 0 unspecified atom stereocenters. The van der Waals surface area contributed by atoms with Gasteiger partial charge in [0.25, 0.3) is 10.0 Å². The molecule has 30 heavy (non-hydrogen) atoms. The highest BCUT2D eigenvalue weighted by Crippen LogP contribution is 2.28. The van der Waals surface area contributed by atoms with Gasteiger partial charge in [-0.3, -0.25) is 9.52 Å². The van der Waals surface area contributed by atoms with Crippen LogP contribution in [0.1, 0.15) is 16.7 Å². The summed E-state index contributed by atoms with van der Waals surface area (Å²) in [5.74, 6) is 0.265. The molecule has 0 aromatic heterocycles. The molecule has 6 nitrogen and oxygen atoms in total. The number of anilines is 2. The molecule has 0 fully saturated rings. The maximum Gasteiger partial charge on any atom is 0.262 e. The van der Waals surface area contributed by atoms with E-state index in [-0.39, 0.29) is 17.2 Å². The van der Waals surface area contributed by atoms with Crippen LogP contribution in [-0.2, 0) is 21.2 Å². The number of carbonyl (C=O) groups excluding carboxylic acids is 1. The van der Waals surface area contributed by atoms with Gasteiger partial charge in [-0.2, -0.15) is 0 Å². The van der Waals surface area contributed by atoms with Crippen LogP contribution in [-0.4, -0.2) is 21.4 Å². The topological polar surface area (TPSA) is 84.5 Å². The second kappa shape index (κ2) is 9.00. The third-order valence-electron chi connectivity index (χ3n) is 4.53. The summed E-state index contributed by atoms with van der Waals surface area (Å²) in [5.41, 5.74) is 3.84. The number of methoxy groups -OCH3 is 1. The highest BCUT2D eigenvalue weighted by Gasteiger charge is 2.17. The van der Waals surface area contributed by atoms with E-state index in [1.165, 1.54) is 19.2 Å². The zero-order valence-electron chi connectivity index (χ0n) is 17.1. The number of hydrogen-bond acceptors (Lipinski definition) is 4. The van der Waals surface area contributed by atoms with Crippen LogP contribution in [0.25, 0.3) is 0 Å². The lowest BCUT2D eigenvalue weighted by Gasteiger charge is -2.13. The van der Waals surface area contributed by atoms with E-state index in [0.29, 0.717) is 17.1 Å². The molecule has 0 aliphatic rings. The molecule has 0 bridgehead atoms. The normalized spacial score (nSPS) is 11.0. The number of rotatable bonds is 7. The first-order chi connectivity index (χ1) is 14.3. The van der Waals surface area contributed by atoms with Crippen molar-refractivity contribution in [2.24, 2.45) is 0 Å². The molecule has 0 radical (unpaired) electrons. The quantitative estimate of drug-likeness (QED) is 0.592. The summed E-state index contributed by atoms with van der Waals surface area (Å²) in [7, 11) is -2.32. The minimum Gasteiger partial charge on any atom is -0.495 e. The molecular formula is C23H24N2O4S. The zero-order valence-corrected chi connectivity index (χ0v) is 17.9. The Hall–Kier alpha value is -3.32. The largest absolute Gasteiger partial charge is 0.495 e.